The lowest BCUT2D eigenvalue weighted by Gasteiger charge is -2.38. The van der Waals surface area contributed by atoms with E-state index >= 15 is 0 Å². The lowest BCUT2D eigenvalue weighted by Crippen LogP contribution is -2.58. The van der Waals surface area contributed by atoms with E-state index in [0.717, 1.165) is 37.8 Å². The molecule has 0 spiro atoms. The Labute approximate surface area is 302 Å². The number of nitrogens with zero attached hydrogens (tertiary/aromatic N) is 3. The molecule has 278 valence electrons. The summed E-state index contributed by atoms with van der Waals surface area (Å²) in [5.74, 6) is -2.11. The Morgan fingerprint density at radius 1 is 1.06 bits per heavy atom. The molecule has 2 heterocycles. The van der Waals surface area contributed by atoms with Crippen molar-refractivity contribution in [2.45, 2.75) is 117 Å². The highest BCUT2D eigenvalue weighted by molar-refractivity contribution is 7.09. The van der Waals surface area contributed by atoms with E-state index in [1.165, 1.54) is 11.3 Å². The number of carboxylic acids is 1. The van der Waals surface area contributed by atoms with E-state index in [4.69, 9.17) is 9.72 Å². The molecule has 3 N–H and O–H groups in total. The number of likely N-dealkylation sites (N-methyl/N-ethyl adjacent to an activating group) is 2. The van der Waals surface area contributed by atoms with Crippen molar-refractivity contribution in [2.75, 3.05) is 27.2 Å². The lowest BCUT2D eigenvalue weighted by atomic mass is 9.92. The predicted molar refractivity (Wildman–Crippen MR) is 197 cm³/mol. The van der Waals surface area contributed by atoms with Crippen LogP contribution in [-0.4, -0.2) is 95.0 Å². The fourth-order valence-electron chi connectivity index (χ4n) is 6.68. The topological polar surface area (TPSA) is 141 Å². The molecule has 1 fully saturated rings. The van der Waals surface area contributed by atoms with Gasteiger partial charge in [-0.25, -0.2) is 4.98 Å². The maximum absolute atomic E-state index is 14.2. The molecule has 12 heteroatoms. The summed E-state index contributed by atoms with van der Waals surface area (Å²) in [4.78, 5) is 61.2. The van der Waals surface area contributed by atoms with Gasteiger partial charge in [0.1, 0.15) is 22.8 Å². The maximum atomic E-state index is 14.2. The van der Waals surface area contributed by atoms with Crippen LogP contribution in [0.15, 0.2) is 35.7 Å². The van der Waals surface area contributed by atoms with Gasteiger partial charge < -0.3 is 25.4 Å². The number of hydrogen-bond acceptors (Lipinski definition) is 8. The third-order valence-corrected chi connectivity index (χ3v) is 11.0. The molecule has 1 aromatic heterocycles. The van der Waals surface area contributed by atoms with Gasteiger partial charge in [0.25, 0.3) is 5.91 Å². The van der Waals surface area contributed by atoms with Crippen molar-refractivity contribution in [1.82, 2.24) is 25.4 Å². The fraction of sp³-hybridized carbons (Fsp3) is 0.658. The number of carbonyl (C=O) groups excluding carboxylic acids is 3. The van der Waals surface area contributed by atoms with Crippen molar-refractivity contribution in [3.63, 3.8) is 0 Å². The molecule has 11 nitrogen and oxygen atoms in total. The van der Waals surface area contributed by atoms with Gasteiger partial charge in [0.2, 0.25) is 11.8 Å². The summed E-state index contributed by atoms with van der Waals surface area (Å²) in [6, 6.07) is 8.16. The average molecular weight is 714 g/mol. The summed E-state index contributed by atoms with van der Waals surface area (Å²) in [6.45, 7) is 13.0. The fourth-order valence-corrected chi connectivity index (χ4v) is 7.54. The molecule has 0 aliphatic carbocycles. The molecular weight excluding hydrogens is 655 g/mol. The van der Waals surface area contributed by atoms with E-state index in [-0.39, 0.29) is 53.8 Å². The van der Waals surface area contributed by atoms with Crippen LogP contribution in [0.25, 0.3) is 0 Å². The normalized spacial score (nSPS) is 18.8. The van der Waals surface area contributed by atoms with Gasteiger partial charge in [-0.2, -0.15) is 0 Å². The number of amides is 3. The number of aromatic nitrogens is 1. The molecule has 1 aliphatic rings. The van der Waals surface area contributed by atoms with E-state index in [9.17, 15) is 24.3 Å². The van der Waals surface area contributed by atoms with E-state index in [2.05, 4.69) is 29.4 Å². The molecule has 3 rings (SSSR count). The van der Waals surface area contributed by atoms with E-state index in [1.807, 2.05) is 58.2 Å². The number of piperidine rings is 1. The van der Waals surface area contributed by atoms with Gasteiger partial charge in [-0.15, -0.1) is 11.3 Å². The van der Waals surface area contributed by atoms with E-state index in [1.54, 1.807) is 24.3 Å². The second-order valence-corrected chi connectivity index (χ2v) is 15.1. The monoisotopic (exact) mass is 713 g/mol. The van der Waals surface area contributed by atoms with Crippen LogP contribution in [0.4, 0.5) is 0 Å². The van der Waals surface area contributed by atoms with Crippen LogP contribution in [-0.2, 0) is 25.5 Å². The Bertz CT molecular complexity index is 1390. The number of nitrogens with one attached hydrogen (secondary N) is 2. The number of carbonyl (C=O) groups is 4. The Hall–Kier alpha value is -3.35. The summed E-state index contributed by atoms with van der Waals surface area (Å²) in [5, 5.41) is 18.0. The first-order chi connectivity index (χ1) is 23.8. The van der Waals surface area contributed by atoms with Crippen LogP contribution in [0.3, 0.4) is 0 Å². The minimum atomic E-state index is -0.911. The average Bonchev–Trinajstić information content (AvgIpc) is 3.59. The zero-order valence-electron chi connectivity index (χ0n) is 31.2. The van der Waals surface area contributed by atoms with Crippen LogP contribution < -0.4 is 10.6 Å². The Balaban J connectivity index is 1.77. The first kappa shape index (κ1) is 41.1. The highest BCUT2D eigenvalue weighted by atomic mass is 32.1. The molecule has 50 heavy (non-hydrogen) atoms. The Kier molecular flexibility index (Phi) is 16.3. The summed E-state index contributed by atoms with van der Waals surface area (Å²) in [5.41, 5.74) is 1.24. The highest BCUT2D eigenvalue weighted by Crippen LogP contribution is 2.31. The highest BCUT2D eigenvalue weighted by Gasteiger charge is 2.37. The smallest absolute Gasteiger partial charge is 0.306 e. The maximum Gasteiger partial charge on any atom is 0.306 e. The van der Waals surface area contributed by atoms with Gasteiger partial charge in [-0.05, 0) is 63.6 Å². The second-order valence-electron chi connectivity index (χ2n) is 14.2. The number of benzene rings is 1. The number of thiazole rings is 1. The molecule has 3 amide bonds. The van der Waals surface area contributed by atoms with Gasteiger partial charge in [0, 0.05) is 37.5 Å². The lowest BCUT2D eigenvalue weighted by molar-refractivity contribution is -0.141. The van der Waals surface area contributed by atoms with Crippen molar-refractivity contribution in [2.24, 2.45) is 17.8 Å². The van der Waals surface area contributed by atoms with Gasteiger partial charge in [0.05, 0.1) is 12.0 Å². The van der Waals surface area contributed by atoms with Crippen molar-refractivity contribution in [3.05, 3.63) is 52.0 Å². The summed E-state index contributed by atoms with van der Waals surface area (Å²) in [6.07, 6.45) is 4.36. The van der Waals surface area contributed by atoms with Gasteiger partial charge in [0.15, 0.2) is 0 Å². The molecule has 6 unspecified atom stereocenters. The minimum absolute atomic E-state index is 0.0532. The largest absolute Gasteiger partial charge is 0.481 e. The molecule has 0 saturated carbocycles. The van der Waals surface area contributed by atoms with Gasteiger partial charge in [-0.1, -0.05) is 77.8 Å². The molecule has 1 saturated heterocycles. The third-order valence-electron chi connectivity index (χ3n) is 10.0. The Morgan fingerprint density at radius 2 is 1.76 bits per heavy atom. The van der Waals surface area contributed by atoms with E-state index in [0.29, 0.717) is 24.5 Å². The second kappa shape index (κ2) is 19.9. The first-order valence-electron chi connectivity index (χ1n) is 18.2. The van der Waals surface area contributed by atoms with Crippen LogP contribution in [0.5, 0.6) is 0 Å². The number of ether oxygens (including phenoxy) is 1. The number of carboxylic acid groups (broad SMARTS) is 1. The zero-order valence-corrected chi connectivity index (χ0v) is 32.0. The molecule has 7 atom stereocenters. The third kappa shape index (κ3) is 11.6. The predicted octanol–water partition coefficient (Wildman–Crippen LogP) is 5.56. The summed E-state index contributed by atoms with van der Waals surface area (Å²) < 4.78 is 6.19. The van der Waals surface area contributed by atoms with Crippen LogP contribution in [0.1, 0.15) is 107 Å². The van der Waals surface area contributed by atoms with Gasteiger partial charge in [-0.3, -0.25) is 24.1 Å². The molecule has 0 radical (unpaired) electrons. The molecular formula is C38H59N5O6S. The number of hydrogen-bond donors (Lipinski definition) is 3. The number of aliphatic carboxylic acids is 1. The van der Waals surface area contributed by atoms with Crippen molar-refractivity contribution in [1.29, 1.82) is 0 Å². The van der Waals surface area contributed by atoms with Crippen LogP contribution in [0, 0.1) is 17.8 Å². The first-order valence-corrected chi connectivity index (χ1v) is 19.1. The summed E-state index contributed by atoms with van der Waals surface area (Å²) in [7, 11) is 3.77. The Morgan fingerprint density at radius 3 is 2.36 bits per heavy atom. The van der Waals surface area contributed by atoms with Crippen LogP contribution in [0.2, 0.25) is 0 Å². The standard InChI is InChI=1S/C38H59N5O6S/c1-9-25(5)33(41-35(45)30-18-14-15-19-42(30)7)37(46)43(8)31(24(3)4)22-32(49-10-2)36-40-29(23-50-36)34(44)39-28(20-26(6)38(47)48)21-27-16-12-11-13-17-27/h11-13,16-17,23-26,28,30-33H,9-10,14-15,18-22H2,1-8H3,(H,39,44)(H,41,45)(H,47,48)/t25?,26?,28?,30-,31?,32?,33?/m1/s1. The van der Waals surface area contributed by atoms with E-state index < -0.39 is 30.1 Å². The molecule has 0 bridgehead atoms. The molecule has 2 aromatic rings. The zero-order chi connectivity index (χ0) is 37.0. The number of likely N-dealkylation sites (tertiary alicyclic amines) is 1. The van der Waals surface area contributed by atoms with Crippen molar-refractivity contribution >= 4 is 35.0 Å². The molecule has 1 aliphatic heterocycles. The van der Waals surface area contributed by atoms with Crippen molar-refractivity contribution < 1.29 is 29.0 Å². The van der Waals surface area contributed by atoms with Crippen LogP contribution >= 0.6 is 11.3 Å². The summed E-state index contributed by atoms with van der Waals surface area (Å²) >= 11 is 1.33. The number of rotatable bonds is 19. The SMILES string of the molecule is CCOC(CC(C(C)C)N(C)C(=O)C(NC(=O)[C@H]1CCCCN1C)C(C)CC)c1nc(C(=O)NC(Cc2ccccc2)CC(C)C(=O)O)cs1. The van der Waals surface area contributed by atoms with Gasteiger partial charge >= 0.3 is 5.97 Å². The van der Waals surface area contributed by atoms with Crippen molar-refractivity contribution in [3.8, 4) is 0 Å². The minimum Gasteiger partial charge on any atom is -0.481 e. The quantitative estimate of drug-likeness (QED) is 0.172. The molecule has 1 aromatic carbocycles.